The maximum atomic E-state index is 11.4. The van der Waals surface area contributed by atoms with Crippen LogP contribution in [-0.4, -0.2) is 42.5 Å². The first-order valence-corrected chi connectivity index (χ1v) is 7.76. The van der Waals surface area contributed by atoms with Crippen LogP contribution in [0, 0.1) is 0 Å². The molecule has 0 saturated carbocycles. The SMILES string of the molecule is CCC1CCCCN1CCCCC(C)(NC)C(N)=O. The molecule has 1 amide bonds. The van der Waals surface area contributed by atoms with Gasteiger partial charge in [0, 0.05) is 6.04 Å². The molecular formula is C15H31N3O. The summed E-state index contributed by atoms with van der Waals surface area (Å²) in [5.74, 6) is -0.251. The number of nitrogens with zero attached hydrogens (tertiary/aromatic N) is 1. The van der Waals surface area contributed by atoms with E-state index < -0.39 is 5.54 Å². The summed E-state index contributed by atoms with van der Waals surface area (Å²) < 4.78 is 0. The highest BCUT2D eigenvalue weighted by atomic mass is 16.1. The lowest BCUT2D eigenvalue weighted by molar-refractivity contribution is -0.123. The molecule has 2 atom stereocenters. The van der Waals surface area contributed by atoms with E-state index in [2.05, 4.69) is 17.1 Å². The van der Waals surface area contributed by atoms with Crippen molar-refractivity contribution in [1.29, 1.82) is 0 Å². The molecule has 4 heteroatoms. The predicted octanol–water partition coefficient (Wildman–Crippen LogP) is 1.88. The van der Waals surface area contributed by atoms with Crippen LogP contribution in [0.3, 0.4) is 0 Å². The van der Waals surface area contributed by atoms with E-state index in [0.717, 1.165) is 31.8 Å². The molecule has 1 fully saturated rings. The summed E-state index contributed by atoms with van der Waals surface area (Å²) in [5, 5.41) is 3.05. The molecule has 1 heterocycles. The van der Waals surface area contributed by atoms with E-state index in [-0.39, 0.29) is 5.91 Å². The number of amides is 1. The molecule has 0 radical (unpaired) electrons. The Morgan fingerprint density at radius 1 is 1.42 bits per heavy atom. The number of likely N-dealkylation sites (tertiary alicyclic amines) is 1. The third-order valence-corrected chi connectivity index (χ3v) is 4.69. The van der Waals surface area contributed by atoms with E-state index in [0.29, 0.717) is 0 Å². The van der Waals surface area contributed by atoms with Gasteiger partial charge in [0.05, 0.1) is 5.54 Å². The van der Waals surface area contributed by atoms with Crippen molar-refractivity contribution in [2.24, 2.45) is 5.73 Å². The van der Waals surface area contributed by atoms with Crippen LogP contribution in [0.4, 0.5) is 0 Å². The molecule has 3 N–H and O–H groups in total. The minimum atomic E-state index is -0.550. The number of unbranched alkanes of at least 4 members (excludes halogenated alkanes) is 1. The molecule has 1 saturated heterocycles. The average Bonchev–Trinajstić information content (AvgIpc) is 2.43. The average molecular weight is 269 g/mol. The van der Waals surface area contributed by atoms with Crippen LogP contribution in [-0.2, 0) is 4.79 Å². The summed E-state index contributed by atoms with van der Waals surface area (Å²) in [6.07, 6.45) is 8.36. The van der Waals surface area contributed by atoms with E-state index in [1.165, 1.54) is 32.2 Å². The molecule has 0 aromatic rings. The summed E-state index contributed by atoms with van der Waals surface area (Å²) in [5.41, 5.74) is 4.89. The van der Waals surface area contributed by atoms with Gasteiger partial charge >= 0.3 is 0 Å². The van der Waals surface area contributed by atoms with Crippen LogP contribution in [0.5, 0.6) is 0 Å². The first-order chi connectivity index (χ1) is 9.03. The van der Waals surface area contributed by atoms with Crippen LogP contribution < -0.4 is 11.1 Å². The fourth-order valence-electron chi connectivity index (χ4n) is 2.98. The number of hydrogen-bond acceptors (Lipinski definition) is 3. The van der Waals surface area contributed by atoms with Gasteiger partial charge in [-0.15, -0.1) is 0 Å². The molecule has 0 aromatic heterocycles. The molecule has 0 spiro atoms. The van der Waals surface area contributed by atoms with E-state index in [1.54, 1.807) is 0 Å². The number of rotatable bonds is 8. The second-order valence-corrected chi connectivity index (χ2v) is 6.00. The van der Waals surface area contributed by atoms with Gasteiger partial charge in [0.1, 0.15) is 0 Å². The smallest absolute Gasteiger partial charge is 0.237 e. The molecule has 2 unspecified atom stereocenters. The molecule has 1 aliphatic heterocycles. The van der Waals surface area contributed by atoms with Crippen molar-refractivity contribution in [3.63, 3.8) is 0 Å². The maximum Gasteiger partial charge on any atom is 0.237 e. The van der Waals surface area contributed by atoms with Crippen molar-refractivity contribution in [1.82, 2.24) is 10.2 Å². The zero-order valence-electron chi connectivity index (χ0n) is 12.9. The Balaban J connectivity index is 2.28. The summed E-state index contributed by atoms with van der Waals surface area (Å²) in [6.45, 7) is 6.59. The Morgan fingerprint density at radius 3 is 2.74 bits per heavy atom. The van der Waals surface area contributed by atoms with E-state index in [4.69, 9.17) is 5.73 Å². The van der Waals surface area contributed by atoms with Crippen LogP contribution in [0.25, 0.3) is 0 Å². The van der Waals surface area contributed by atoms with Gasteiger partial charge in [0.2, 0.25) is 5.91 Å². The van der Waals surface area contributed by atoms with Crippen LogP contribution in [0.15, 0.2) is 0 Å². The molecule has 112 valence electrons. The standard InChI is InChI=1S/C15H31N3O/c1-4-13-9-5-7-11-18(13)12-8-6-10-15(2,17-3)14(16)19/h13,17H,4-12H2,1-3H3,(H2,16,19). The van der Waals surface area contributed by atoms with Gasteiger partial charge in [0.15, 0.2) is 0 Å². The number of carbonyl (C=O) groups excluding carboxylic acids is 1. The van der Waals surface area contributed by atoms with Crippen molar-refractivity contribution >= 4 is 5.91 Å². The highest BCUT2D eigenvalue weighted by Gasteiger charge is 2.28. The van der Waals surface area contributed by atoms with Gasteiger partial charge in [-0.1, -0.05) is 13.3 Å². The van der Waals surface area contributed by atoms with Gasteiger partial charge in [-0.2, -0.15) is 0 Å². The fourth-order valence-corrected chi connectivity index (χ4v) is 2.98. The summed E-state index contributed by atoms with van der Waals surface area (Å²) >= 11 is 0. The molecular weight excluding hydrogens is 238 g/mol. The topological polar surface area (TPSA) is 58.4 Å². The normalized spacial score (nSPS) is 24.1. The van der Waals surface area contributed by atoms with E-state index in [1.807, 2.05) is 14.0 Å². The second kappa shape index (κ2) is 7.85. The van der Waals surface area contributed by atoms with Crippen molar-refractivity contribution in [2.75, 3.05) is 20.1 Å². The largest absolute Gasteiger partial charge is 0.368 e. The number of piperidine rings is 1. The quantitative estimate of drug-likeness (QED) is 0.662. The predicted molar refractivity (Wildman–Crippen MR) is 80.0 cm³/mol. The Hall–Kier alpha value is -0.610. The number of nitrogens with one attached hydrogen (secondary N) is 1. The van der Waals surface area contributed by atoms with Gasteiger partial charge in [-0.05, 0) is 65.6 Å². The van der Waals surface area contributed by atoms with Gasteiger partial charge in [-0.3, -0.25) is 4.79 Å². The third kappa shape index (κ3) is 4.77. The van der Waals surface area contributed by atoms with Crippen molar-refractivity contribution < 1.29 is 4.79 Å². The molecule has 0 aliphatic carbocycles. The van der Waals surface area contributed by atoms with Crippen LogP contribution in [0.1, 0.15) is 58.8 Å². The minimum absolute atomic E-state index is 0.251. The second-order valence-electron chi connectivity index (χ2n) is 6.00. The Morgan fingerprint density at radius 2 is 2.16 bits per heavy atom. The molecule has 0 bridgehead atoms. The highest BCUT2D eigenvalue weighted by Crippen LogP contribution is 2.20. The summed E-state index contributed by atoms with van der Waals surface area (Å²) in [7, 11) is 1.81. The van der Waals surface area contributed by atoms with Gasteiger partial charge in [0.25, 0.3) is 0 Å². The zero-order chi connectivity index (χ0) is 14.3. The number of carbonyl (C=O) groups is 1. The van der Waals surface area contributed by atoms with E-state index in [9.17, 15) is 4.79 Å². The zero-order valence-corrected chi connectivity index (χ0v) is 12.9. The van der Waals surface area contributed by atoms with Crippen molar-refractivity contribution in [3.05, 3.63) is 0 Å². The molecule has 1 rings (SSSR count). The van der Waals surface area contributed by atoms with Crippen molar-refractivity contribution in [3.8, 4) is 0 Å². The number of likely N-dealkylation sites (N-methyl/N-ethyl adjacent to an activating group) is 1. The summed E-state index contributed by atoms with van der Waals surface area (Å²) in [4.78, 5) is 14.0. The molecule has 1 aliphatic rings. The Bertz CT molecular complexity index is 283. The van der Waals surface area contributed by atoms with Gasteiger partial charge in [-0.25, -0.2) is 0 Å². The lowest BCUT2D eigenvalue weighted by Gasteiger charge is -2.35. The number of primary amides is 1. The Labute approximate surface area is 118 Å². The van der Waals surface area contributed by atoms with Crippen LogP contribution >= 0.6 is 0 Å². The van der Waals surface area contributed by atoms with Gasteiger partial charge < -0.3 is 16.0 Å². The fraction of sp³-hybridized carbons (Fsp3) is 0.933. The maximum absolute atomic E-state index is 11.4. The van der Waals surface area contributed by atoms with Crippen LogP contribution in [0.2, 0.25) is 0 Å². The van der Waals surface area contributed by atoms with Crippen molar-refractivity contribution in [2.45, 2.75) is 70.4 Å². The third-order valence-electron chi connectivity index (χ3n) is 4.69. The van der Waals surface area contributed by atoms with E-state index >= 15 is 0 Å². The summed E-state index contributed by atoms with van der Waals surface area (Å²) in [6, 6.07) is 0.778. The molecule has 4 nitrogen and oxygen atoms in total. The molecule has 0 aromatic carbocycles. The molecule has 19 heavy (non-hydrogen) atoms. The first-order valence-electron chi connectivity index (χ1n) is 7.76. The lowest BCUT2D eigenvalue weighted by atomic mass is 9.93. The minimum Gasteiger partial charge on any atom is -0.368 e. The lowest BCUT2D eigenvalue weighted by Crippen LogP contribution is -2.51. The Kier molecular flexibility index (Phi) is 6.80. The number of hydrogen-bond donors (Lipinski definition) is 2. The highest BCUT2D eigenvalue weighted by molar-refractivity contribution is 5.84. The monoisotopic (exact) mass is 269 g/mol. The first kappa shape index (κ1) is 16.4. The number of nitrogens with two attached hydrogens (primary N) is 1.